The van der Waals surface area contributed by atoms with Crippen LogP contribution in [0.25, 0.3) is 0 Å². The minimum atomic E-state index is 0.273. The van der Waals surface area contributed by atoms with Crippen molar-refractivity contribution in [2.45, 2.75) is 25.8 Å². The number of nitrogens with zero attached hydrogens (tertiary/aromatic N) is 1. The molecule has 1 atom stereocenters. The van der Waals surface area contributed by atoms with Crippen LogP contribution in [-0.2, 0) is 0 Å². The first-order chi connectivity index (χ1) is 9.69. The predicted octanol–water partition coefficient (Wildman–Crippen LogP) is 2.69. The van der Waals surface area contributed by atoms with Crippen molar-refractivity contribution in [3.8, 4) is 0 Å². The minimum absolute atomic E-state index is 0.273. The highest BCUT2D eigenvalue weighted by molar-refractivity contribution is 6.30. The molecule has 0 aliphatic carbocycles. The molecular formula is C16H25ClN2O. The van der Waals surface area contributed by atoms with Crippen molar-refractivity contribution < 1.29 is 5.11 Å². The molecule has 1 unspecified atom stereocenters. The third-order valence-corrected chi connectivity index (χ3v) is 4.42. The molecule has 1 aliphatic heterocycles. The Kier molecular flexibility index (Phi) is 6.30. The lowest BCUT2D eigenvalue weighted by Crippen LogP contribution is -2.39. The SMILES string of the molecule is CC(NCC1CCN(CCO)CC1)c1cccc(Cl)c1. The Morgan fingerprint density at radius 3 is 2.80 bits per heavy atom. The zero-order valence-corrected chi connectivity index (χ0v) is 12.9. The molecule has 1 aliphatic rings. The number of halogens is 1. The monoisotopic (exact) mass is 296 g/mol. The maximum absolute atomic E-state index is 8.94. The second-order valence-corrected chi connectivity index (χ2v) is 6.13. The van der Waals surface area contributed by atoms with Crippen molar-refractivity contribution in [1.29, 1.82) is 0 Å². The van der Waals surface area contributed by atoms with E-state index in [-0.39, 0.29) is 6.61 Å². The summed E-state index contributed by atoms with van der Waals surface area (Å²) >= 11 is 6.03. The second-order valence-electron chi connectivity index (χ2n) is 5.69. The van der Waals surface area contributed by atoms with Gasteiger partial charge in [0.25, 0.3) is 0 Å². The fourth-order valence-corrected chi connectivity index (χ4v) is 2.99. The van der Waals surface area contributed by atoms with E-state index in [4.69, 9.17) is 16.7 Å². The fraction of sp³-hybridized carbons (Fsp3) is 0.625. The molecule has 20 heavy (non-hydrogen) atoms. The van der Waals surface area contributed by atoms with Crippen LogP contribution < -0.4 is 5.32 Å². The number of aliphatic hydroxyl groups is 1. The smallest absolute Gasteiger partial charge is 0.0558 e. The number of benzene rings is 1. The quantitative estimate of drug-likeness (QED) is 0.847. The summed E-state index contributed by atoms with van der Waals surface area (Å²) in [5, 5.41) is 13.4. The Balaban J connectivity index is 1.73. The van der Waals surface area contributed by atoms with Gasteiger partial charge >= 0.3 is 0 Å². The predicted molar refractivity (Wildman–Crippen MR) is 84.1 cm³/mol. The van der Waals surface area contributed by atoms with Gasteiger partial charge in [-0.2, -0.15) is 0 Å². The van der Waals surface area contributed by atoms with E-state index in [2.05, 4.69) is 23.2 Å². The highest BCUT2D eigenvalue weighted by Crippen LogP contribution is 2.20. The molecule has 1 aromatic carbocycles. The largest absolute Gasteiger partial charge is 0.395 e. The first-order valence-corrected chi connectivity index (χ1v) is 7.89. The Hall–Kier alpha value is -0.610. The lowest BCUT2D eigenvalue weighted by molar-refractivity contribution is 0.146. The van der Waals surface area contributed by atoms with Crippen LogP contribution >= 0.6 is 11.6 Å². The second kappa shape index (κ2) is 7.99. The van der Waals surface area contributed by atoms with E-state index in [1.165, 1.54) is 18.4 Å². The standard InChI is InChI=1S/C16H25ClN2O/c1-13(15-3-2-4-16(17)11-15)18-12-14-5-7-19(8-6-14)9-10-20/h2-4,11,13-14,18,20H,5-10,12H2,1H3. The summed E-state index contributed by atoms with van der Waals surface area (Å²) in [7, 11) is 0. The molecule has 1 fully saturated rings. The number of hydrogen-bond acceptors (Lipinski definition) is 3. The van der Waals surface area contributed by atoms with Gasteiger partial charge in [-0.15, -0.1) is 0 Å². The van der Waals surface area contributed by atoms with E-state index in [0.717, 1.165) is 37.1 Å². The van der Waals surface area contributed by atoms with Gasteiger partial charge in [0.05, 0.1) is 6.61 Å². The molecule has 2 rings (SSSR count). The van der Waals surface area contributed by atoms with E-state index < -0.39 is 0 Å². The van der Waals surface area contributed by atoms with Gasteiger partial charge in [0.1, 0.15) is 0 Å². The minimum Gasteiger partial charge on any atom is -0.395 e. The van der Waals surface area contributed by atoms with Crippen LogP contribution in [0.15, 0.2) is 24.3 Å². The van der Waals surface area contributed by atoms with Gasteiger partial charge in [0.2, 0.25) is 0 Å². The number of β-amino-alcohol motifs (C(OH)–C–C–N with tert-alkyl or cyclic N) is 1. The summed E-state index contributed by atoms with van der Waals surface area (Å²) in [5.74, 6) is 0.742. The molecule has 0 bridgehead atoms. The van der Waals surface area contributed by atoms with E-state index in [1.54, 1.807) is 0 Å². The van der Waals surface area contributed by atoms with Gasteiger partial charge in [-0.05, 0) is 63.0 Å². The zero-order chi connectivity index (χ0) is 14.4. The van der Waals surface area contributed by atoms with Crippen molar-refractivity contribution in [2.24, 2.45) is 5.92 Å². The van der Waals surface area contributed by atoms with Gasteiger partial charge in [0, 0.05) is 17.6 Å². The molecule has 1 aromatic rings. The normalized spacial score (nSPS) is 19.1. The van der Waals surface area contributed by atoms with Crippen LogP contribution in [-0.4, -0.2) is 42.8 Å². The number of rotatable bonds is 6. The van der Waals surface area contributed by atoms with Gasteiger partial charge in [0.15, 0.2) is 0 Å². The van der Waals surface area contributed by atoms with Crippen molar-refractivity contribution in [3.63, 3.8) is 0 Å². The Bertz CT molecular complexity index is 405. The third kappa shape index (κ3) is 4.74. The highest BCUT2D eigenvalue weighted by Gasteiger charge is 2.19. The first kappa shape index (κ1) is 15.8. The molecule has 0 aromatic heterocycles. The molecule has 0 spiro atoms. The van der Waals surface area contributed by atoms with E-state index in [9.17, 15) is 0 Å². The van der Waals surface area contributed by atoms with Gasteiger partial charge < -0.3 is 15.3 Å². The number of piperidine rings is 1. The molecule has 1 heterocycles. The zero-order valence-electron chi connectivity index (χ0n) is 12.2. The summed E-state index contributed by atoms with van der Waals surface area (Å²) in [5.41, 5.74) is 1.25. The van der Waals surface area contributed by atoms with Crippen molar-refractivity contribution in [2.75, 3.05) is 32.8 Å². The highest BCUT2D eigenvalue weighted by atomic mass is 35.5. The molecule has 0 saturated carbocycles. The Labute approximate surface area is 126 Å². The van der Waals surface area contributed by atoms with Crippen LogP contribution in [0.3, 0.4) is 0 Å². The number of nitrogens with one attached hydrogen (secondary N) is 1. The topological polar surface area (TPSA) is 35.5 Å². The van der Waals surface area contributed by atoms with Crippen LogP contribution in [0.2, 0.25) is 5.02 Å². The van der Waals surface area contributed by atoms with Gasteiger partial charge in [-0.25, -0.2) is 0 Å². The molecule has 0 radical (unpaired) electrons. The number of aliphatic hydroxyl groups excluding tert-OH is 1. The molecule has 3 nitrogen and oxygen atoms in total. The van der Waals surface area contributed by atoms with Crippen LogP contribution in [0, 0.1) is 5.92 Å². The molecule has 4 heteroatoms. The van der Waals surface area contributed by atoms with Crippen LogP contribution in [0.4, 0.5) is 0 Å². The average Bonchev–Trinajstić information content (AvgIpc) is 2.46. The average molecular weight is 297 g/mol. The van der Waals surface area contributed by atoms with Gasteiger partial charge in [-0.1, -0.05) is 23.7 Å². The maximum Gasteiger partial charge on any atom is 0.0558 e. The number of likely N-dealkylation sites (tertiary alicyclic amines) is 1. The Morgan fingerprint density at radius 2 is 2.15 bits per heavy atom. The van der Waals surface area contributed by atoms with Crippen molar-refractivity contribution in [1.82, 2.24) is 10.2 Å². The van der Waals surface area contributed by atoms with Gasteiger partial charge in [-0.3, -0.25) is 0 Å². The van der Waals surface area contributed by atoms with Crippen LogP contribution in [0.5, 0.6) is 0 Å². The summed E-state index contributed by atoms with van der Waals surface area (Å²) in [6.45, 7) is 6.55. The molecule has 1 saturated heterocycles. The summed E-state index contributed by atoms with van der Waals surface area (Å²) in [6, 6.07) is 8.40. The molecule has 112 valence electrons. The van der Waals surface area contributed by atoms with E-state index in [1.807, 2.05) is 18.2 Å². The van der Waals surface area contributed by atoms with Crippen molar-refractivity contribution in [3.05, 3.63) is 34.9 Å². The molecular weight excluding hydrogens is 272 g/mol. The van der Waals surface area contributed by atoms with Crippen LogP contribution in [0.1, 0.15) is 31.4 Å². The van der Waals surface area contributed by atoms with E-state index >= 15 is 0 Å². The first-order valence-electron chi connectivity index (χ1n) is 7.51. The molecule has 0 amide bonds. The number of hydrogen-bond donors (Lipinski definition) is 2. The summed E-state index contributed by atoms with van der Waals surface area (Å²) in [4.78, 5) is 2.34. The van der Waals surface area contributed by atoms with E-state index in [0.29, 0.717) is 6.04 Å². The fourth-order valence-electron chi connectivity index (χ4n) is 2.79. The summed E-state index contributed by atoms with van der Waals surface area (Å²) in [6.07, 6.45) is 2.44. The van der Waals surface area contributed by atoms with Crippen molar-refractivity contribution >= 4 is 11.6 Å². The Morgan fingerprint density at radius 1 is 1.40 bits per heavy atom. The lowest BCUT2D eigenvalue weighted by Gasteiger charge is -2.32. The third-order valence-electron chi connectivity index (χ3n) is 4.18. The molecule has 2 N–H and O–H groups in total. The summed E-state index contributed by atoms with van der Waals surface area (Å²) < 4.78 is 0. The maximum atomic E-state index is 8.94. The lowest BCUT2D eigenvalue weighted by atomic mass is 9.96.